The molecule has 0 aromatic heterocycles. The number of rotatable bonds is 2. The van der Waals surface area contributed by atoms with E-state index in [1.54, 1.807) is 6.26 Å². The molecule has 1 amide bonds. The maximum Gasteiger partial charge on any atom is 0.353 e. The predicted octanol–water partition coefficient (Wildman–Crippen LogP) is 1.45. The van der Waals surface area contributed by atoms with Crippen LogP contribution in [0.25, 0.3) is 0 Å². The van der Waals surface area contributed by atoms with Gasteiger partial charge in [0, 0.05) is 5.41 Å². The standard InChI is InChI=1S/C12H11NO4S/c14-10-8(5-7-3-1-2-4-17-7)11-13(10)9(6-18-11)12(15)16/h2,4-7,11H,1,3H2,(H,15,16)/b8-5-/t7?,11-/m1/s1. The number of carboxylic acids is 1. The number of nitrogens with zero attached hydrogens (tertiary/aromatic N) is 1. The van der Waals surface area contributed by atoms with Gasteiger partial charge in [-0.15, -0.1) is 11.8 Å². The monoisotopic (exact) mass is 265 g/mol. The highest BCUT2D eigenvalue weighted by atomic mass is 32.2. The van der Waals surface area contributed by atoms with Crippen molar-refractivity contribution in [1.82, 2.24) is 4.90 Å². The van der Waals surface area contributed by atoms with Gasteiger partial charge in [-0.2, -0.15) is 0 Å². The molecule has 0 radical (unpaired) electrons. The summed E-state index contributed by atoms with van der Waals surface area (Å²) in [7, 11) is 0. The number of hydrogen-bond donors (Lipinski definition) is 1. The predicted molar refractivity (Wildman–Crippen MR) is 65.3 cm³/mol. The third kappa shape index (κ3) is 1.64. The molecule has 3 heterocycles. The summed E-state index contributed by atoms with van der Waals surface area (Å²) in [5.41, 5.74) is 0.712. The Kier molecular flexibility index (Phi) is 2.66. The van der Waals surface area contributed by atoms with Gasteiger partial charge in [0.2, 0.25) is 0 Å². The molecule has 3 aliphatic heterocycles. The SMILES string of the molecule is O=C(O)C1=CS[C@@H]2/C(=C\C3CCC=CO3)C(=O)N12. The average Bonchev–Trinajstić information content (AvgIpc) is 2.77. The number of carbonyl (C=O) groups is 2. The number of fused-ring (bicyclic) bond motifs is 1. The Morgan fingerprint density at radius 2 is 2.44 bits per heavy atom. The lowest BCUT2D eigenvalue weighted by Crippen LogP contribution is -2.51. The van der Waals surface area contributed by atoms with E-state index < -0.39 is 5.97 Å². The van der Waals surface area contributed by atoms with E-state index in [0.29, 0.717) is 5.57 Å². The lowest BCUT2D eigenvalue weighted by atomic mass is 10.0. The number of hydrogen-bond acceptors (Lipinski definition) is 4. The van der Waals surface area contributed by atoms with Gasteiger partial charge in [0.15, 0.2) is 0 Å². The van der Waals surface area contributed by atoms with Gasteiger partial charge in [-0.3, -0.25) is 9.69 Å². The number of carbonyl (C=O) groups excluding carboxylic acids is 1. The second kappa shape index (κ2) is 4.20. The van der Waals surface area contributed by atoms with Crippen molar-refractivity contribution >= 4 is 23.6 Å². The lowest BCUT2D eigenvalue weighted by molar-refractivity contribution is -0.141. The largest absolute Gasteiger partial charge is 0.494 e. The third-order valence-corrected chi connectivity index (χ3v) is 4.17. The van der Waals surface area contributed by atoms with Crippen molar-refractivity contribution in [2.24, 2.45) is 0 Å². The summed E-state index contributed by atoms with van der Waals surface area (Å²) in [4.78, 5) is 24.1. The summed E-state index contributed by atoms with van der Waals surface area (Å²) in [6.45, 7) is 0. The first-order valence-electron chi connectivity index (χ1n) is 5.63. The number of amides is 1. The molecule has 3 rings (SSSR count). The summed E-state index contributed by atoms with van der Waals surface area (Å²) >= 11 is 1.35. The van der Waals surface area contributed by atoms with Crippen LogP contribution in [0.5, 0.6) is 0 Å². The van der Waals surface area contributed by atoms with Crippen molar-refractivity contribution in [2.75, 3.05) is 0 Å². The van der Waals surface area contributed by atoms with E-state index >= 15 is 0 Å². The van der Waals surface area contributed by atoms with Crippen molar-refractivity contribution in [3.8, 4) is 0 Å². The molecule has 3 aliphatic rings. The molecular weight excluding hydrogens is 254 g/mol. The molecule has 0 aromatic carbocycles. The highest BCUT2D eigenvalue weighted by Gasteiger charge is 2.49. The molecule has 0 aliphatic carbocycles. The second-order valence-electron chi connectivity index (χ2n) is 4.22. The molecule has 6 heteroatoms. The Hall–Kier alpha value is -1.69. The molecule has 18 heavy (non-hydrogen) atoms. The second-order valence-corrected chi connectivity index (χ2v) is 5.17. The van der Waals surface area contributed by atoms with Gasteiger partial charge in [-0.1, -0.05) is 0 Å². The van der Waals surface area contributed by atoms with E-state index in [-0.39, 0.29) is 23.1 Å². The molecule has 1 unspecified atom stereocenters. The Bertz CT molecular complexity index is 508. The Morgan fingerprint density at radius 1 is 1.61 bits per heavy atom. The van der Waals surface area contributed by atoms with Crippen LogP contribution in [0.15, 0.2) is 35.1 Å². The first-order valence-corrected chi connectivity index (χ1v) is 6.57. The van der Waals surface area contributed by atoms with E-state index in [0.717, 1.165) is 12.8 Å². The molecule has 2 atom stereocenters. The van der Waals surface area contributed by atoms with Gasteiger partial charge in [-0.05, 0) is 25.0 Å². The fraction of sp³-hybridized carbons (Fsp3) is 0.333. The summed E-state index contributed by atoms with van der Waals surface area (Å²) in [6, 6.07) is 0. The zero-order valence-corrected chi connectivity index (χ0v) is 10.2. The van der Waals surface area contributed by atoms with Crippen LogP contribution < -0.4 is 0 Å². The number of carboxylic acid groups (broad SMARTS) is 1. The Balaban J connectivity index is 1.75. The number of β-lactam (4-membered cyclic amide) rings is 1. The van der Waals surface area contributed by atoms with Crippen LogP contribution in [0.4, 0.5) is 0 Å². The van der Waals surface area contributed by atoms with Crippen LogP contribution in [0.2, 0.25) is 0 Å². The van der Waals surface area contributed by atoms with E-state index in [4.69, 9.17) is 9.84 Å². The number of thioether (sulfide) groups is 1. The minimum Gasteiger partial charge on any atom is -0.494 e. The van der Waals surface area contributed by atoms with Gasteiger partial charge in [-0.25, -0.2) is 4.79 Å². The molecular formula is C12H11NO4S. The fourth-order valence-corrected chi connectivity index (χ4v) is 3.29. The quantitative estimate of drug-likeness (QED) is 0.604. The topological polar surface area (TPSA) is 66.8 Å². The molecule has 1 fully saturated rings. The third-order valence-electron chi connectivity index (χ3n) is 3.09. The molecule has 0 spiro atoms. The van der Waals surface area contributed by atoms with E-state index in [9.17, 15) is 9.59 Å². The zero-order valence-electron chi connectivity index (χ0n) is 9.41. The van der Waals surface area contributed by atoms with Gasteiger partial charge < -0.3 is 9.84 Å². The Morgan fingerprint density at radius 3 is 3.11 bits per heavy atom. The van der Waals surface area contributed by atoms with E-state index in [1.165, 1.54) is 22.1 Å². The van der Waals surface area contributed by atoms with E-state index in [1.807, 2.05) is 12.2 Å². The van der Waals surface area contributed by atoms with Crippen LogP contribution in [-0.2, 0) is 14.3 Å². The van der Waals surface area contributed by atoms with Gasteiger partial charge in [0.05, 0.1) is 11.8 Å². The smallest absolute Gasteiger partial charge is 0.353 e. The van der Waals surface area contributed by atoms with E-state index in [2.05, 4.69) is 0 Å². The first-order chi connectivity index (χ1) is 8.68. The summed E-state index contributed by atoms with van der Waals surface area (Å²) in [5, 5.41) is 10.3. The van der Waals surface area contributed by atoms with Crippen LogP contribution in [0.3, 0.4) is 0 Å². The van der Waals surface area contributed by atoms with Gasteiger partial charge >= 0.3 is 5.97 Å². The molecule has 1 N–H and O–H groups in total. The summed E-state index contributed by atoms with van der Waals surface area (Å²) in [6.07, 6.45) is 7.11. The molecule has 0 saturated carbocycles. The fourth-order valence-electron chi connectivity index (χ4n) is 2.16. The zero-order chi connectivity index (χ0) is 12.7. The molecule has 1 saturated heterocycles. The minimum atomic E-state index is -1.06. The van der Waals surface area contributed by atoms with Crippen LogP contribution in [-0.4, -0.2) is 33.4 Å². The highest BCUT2D eigenvalue weighted by molar-refractivity contribution is 8.03. The van der Waals surface area contributed by atoms with Crippen molar-refractivity contribution in [2.45, 2.75) is 24.3 Å². The molecule has 0 bridgehead atoms. The normalized spacial score (nSPS) is 31.8. The molecule has 94 valence electrons. The lowest BCUT2D eigenvalue weighted by Gasteiger charge is -2.37. The highest BCUT2D eigenvalue weighted by Crippen LogP contribution is 2.44. The summed E-state index contributed by atoms with van der Waals surface area (Å²) < 4.78 is 5.39. The first kappa shape index (κ1) is 11.4. The van der Waals surface area contributed by atoms with Crippen LogP contribution in [0, 0.1) is 0 Å². The van der Waals surface area contributed by atoms with Crippen LogP contribution >= 0.6 is 11.8 Å². The van der Waals surface area contributed by atoms with Gasteiger partial charge in [0.25, 0.3) is 5.91 Å². The van der Waals surface area contributed by atoms with Gasteiger partial charge in [0.1, 0.15) is 17.2 Å². The van der Waals surface area contributed by atoms with Crippen molar-refractivity contribution < 1.29 is 19.4 Å². The van der Waals surface area contributed by atoms with Crippen molar-refractivity contribution in [1.29, 1.82) is 0 Å². The maximum atomic E-state index is 11.9. The number of allylic oxidation sites excluding steroid dienone is 1. The summed E-state index contributed by atoms with van der Waals surface area (Å²) in [5.74, 6) is -1.29. The average molecular weight is 265 g/mol. The van der Waals surface area contributed by atoms with Crippen molar-refractivity contribution in [3.05, 3.63) is 35.1 Å². The maximum absolute atomic E-state index is 11.9. The van der Waals surface area contributed by atoms with Crippen molar-refractivity contribution in [3.63, 3.8) is 0 Å². The number of ether oxygens (including phenoxy) is 1. The number of aliphatic carboxylic acids is 1. The Labute approximate surface area is 108 Å². The molecule has 0 aromatic rings. The molecule has 5 nitrogen and oxygen atoms in total. The van der Waals surface area contributed by atoms with Crippen LogP contribution in [0.1, 0.15) is 12.8 Å². The minimum absolute atomic E-state index is 0.0663.